The first kappa shape index (κ1) is 25.8. The van der Waals surface area contributed by atoms with Gasteiger partial charge in [0, 0.05) is 29.7 Å². The van der Waals surface area contributed by atoms with E-state index >= 15 is 0 Å². The molecule has 3 heterocycles. The van der Waals surface area contributed by atoms with Crippen molar-refractivity contribution < 1.29 is 19.1 Å². The Hall–Kier alpha value is -3.30. The van der Waals surface area contributed by atoms with E-state index in [2.05, 4.69) is 29.4 Å². The summed E-state index contributed by atoms with van der Waals surface area (Å²) >= 11 is 0. The lowest BCUT2D eigenvalue weighted by Crippen LogP contribution is -2.49. The van der Waals surface area contributed by atoms with Crippen molar-refractivity contribution in [2.75, 3.05) is 6.61 Å². The molecule has 4 atom stereocenters. The Morgan fingerprint density at radius 3 is 1.92 bits per heavy atom. The van der Waals surface area contributed by atoms with E-state index < -0.39 is 5.97 Å². The fourth-order valence-electron chi connectivity index (χ4n) is 5.59. The summed E-state index contributed by atoms with van der Waals surface area (Å²) in [4.78, 5) is 42.0. The second kappa shape index (κ2) is 11.2. The predicted octanol–water partition coefficient (Wildman–Crippen LogP) is 3.08. The Balaban J connectivity index is 1.37. The summed E-state index contributed by atoms with van der Waals surface area (Å²) in [7, 11) is 0. The number of tetrazole rings is 1. The van der Waals surface area contributed by atoms with Crippen molar-refractivity contribution in [3.8, 4) is 11.4 Å². The van der Waals surface area contributed by atoms with E-state index in [0.717, 1.165) is 38.5 Å². The van der Waals surface area contributed by atoms with Crippen molar-refractivity contribution in [2.24, 2.45) is 0 Å². The summed E-state index contributed by atoms with van der Waals surface area (Å²) < 4.78 is 6.80. The number of carbonyl (C=O) groups excluding carboxylic acids is 3. The van der Waals surface area contributed by atoms with Crippen molar-refractivity contribution in [2.45, 2.75) is 96.9 Å². The molecule has 2 aromatic rings. The van der Waals surface area contributed by atoms with Gasteiger partial charge in [0.25, 0.3) is 5.91 Å². The van der Waals surface area contributed by atoms with Crippen molar-refractivity contribution in [1.82, 2.24) is 30.0 Å². The first-order valence-electron chi connectivity index (χ1n) is 12.9. The van der Waals surface area contributed by atoms with Gasteiger partial charge < -0.3 is 14.5 Å². The number of rotatable bonds is 6. The molecule has 194 valence electrons. The van der Waals surface area contributed by atoms with Crippen LogP contribution in [0.1, 0.15) is 76.6 Å². The molecule has 4 rings (SSSR count). The molecule has 10 nitrogen and oxygen atoms in total. The molecular formula is C26H36N6O4. The van der Waals surface area contributed by atoms with E-state index in [0.29, 0.717) is 17.0 Å². The van der Waals surface area contributed by atoms with Crippen LogP contribution in [0.15, 0.2) is 24.3 Å². The van der Waals surface area contributed by atoms with E-state index in [9.17, 15) is 14.4 Å². The highest BCUT2D eigenvalue weighted by Crippen LogP contribution is 2.24. The highest BCUT2D eigenvalue weighted by atomic mass is 16.5. The van der Waals surface area contributed by atoms with Crippen LogP contribution < -0.4 is 0 Å². The normalized spacial score (nSPS) is 24.4. The third-order valence-electron chi connectivity index (χ3n) is 7.49. The second-order valence-electron chi connectivity index (χ2n) is 10.2. The first-order chi connectivity index (χ1) is 17.3. The third-order valence-corrected chi connectivity index (χ3v) is 7.49. The van der Waals surface area contributed by atoms with Crippen LogP contribution in [0.25, 0.3) is 11.4 Å². The number of ether oxygens (including phenoxy) is 1. The fraction of sp³-hybridized carbons (Fsp3) is 0.615. The minimum absolute atomic E-state index is 0.00884. The maximum absolute atomic E-state index is 13.0. The molecule has 0 saturated carbocycles. The maximum atomic E-state index is 13.0. The first-order valence-corrected chi connectivity index (χ1v) is 12.9. The van der Waals surface area contributed by atoms with Crippen LogP contribution in [0.4, 0.5) is 0 Å². The zero-order valence-corrected chi connectivity index (χ0v) is 21.6. The summed E-state index contributed by atoms with van der Waals surface area (Å²) in [5.41, 5.74) is 1.01. The van der Waals surface area contributed by atoms with Crippen molar-refractivity contribution in [3.05, 3.63) is 29.8 Å². The third kappa shape index (κ3) is 5.57. The Labute approximate surface area is 212 Å². The molecule has 0 radical (unpaired) electrons. The van der Waals surface area contributed by atoms with Gasteiger partial charge in [-0.1, -0.05) is 12.1 Å². The Morgan fingerprint density at radius 1 is 0.833 bits per heavy atom. The zero-order valence-electron chi connectivity index (χ0n) is 21.6. The van der Waals surface area contributed by atoms with Gasteiger partial charge in [0.15, 0.2) is 12.4 Å². The number of likely N-dealkylation sites (tertiary alicyclic amines) is 2. The van der Waals surface area contributed by atoms with E-state index in [1.807, 2.05) is 23.6 Å². The molecule has 10 heteroatoms. The van der Waals surface area contributed by atoms with Gasteiger partial charge in [0.2, 0.25) is 5.91 Å². The van der Waals surface area contributed by atoms with Crippen LogP contribution in [0.2, 0.25) is 0 Å². The number of amides is 2. The molecule has 0 spiro atoms. The van der Waals surface area contributed by atoms with Crippen LogP contribution >= 0.6 is 0 Å². The number of piperidine rings is 2. The number of nitrogens with zero attached hydrogens (tertiary/aromatic N) is 6. The second-order valence-corrected chi connectivity index (χ2v) is 10.2. The van der Waals surface area contributed by atoms with Crippen LogP contribution in [-0.2, 0) is 20.9 Å². The molecule has 2 fully saturated rings. The lowest BCUT2D eigenvalue weighted by molar-refractivity contribution is -0.140. The summed E-state index contributed by atoms with van der Waals surface area (Å²) in [6.45, 7) is 7.99. The number of hydrogen-bond donors (Lipinski definition) is 0. The Kier molecular flexibility index (Phi) is 8.01. The predicted molar refractivity (Wildman–Crippen MR) is 133 cm³/mol. The van der Waals surface area contributed by atoms with E-state index in [-0.39, 0.29) is 49.1 Å². The molecular weight excluding hydrogens is 460 g/mol. The van der Waals surface area contributed by atoms with Gasteiger partial charge in [0.1, 0.15) is 6.54 Å². The number of hydrogen-bond acceptors (Lipinski definition) is 7. The average Bonchev–Trinajstić information content (AvgIpc) is 3.30. The van der Waals surface area contributed by atoms with Gasteiger partial charge >= 0.3 is 5.97 Å². The van der Waals surface area contributed by atoms with Gasteiger partial charge in [-0.3, -0.25) is 9.59 Å². The minimum atomic E-state index is -0.560. The zero-order chi connectivity index (χ0) is 25.8. The highest BCUT2D eigenvalue weighted by Gasteiger charge is 2.31. The molecule has 1 aromatic heterocycles. The quantitative estimate of drug-likeness (QED) is 0.565. The topological polar surface area (TPSA) is 111 Å². The Morgan fingerprint density at radius 2 is 1.36 bits per heavy atom. The largest absolute Gasteiger partial charge is 0.452 e. The molecule has 2 aliphatic rings. The van der Waals surface area contributed by atoms with E-state index in [4.69, 9.17) is 4.74 Å². The minimum Gasteiger partial charge on any atom is -0.452 e. The molecule has 4 unspecified atom stereocenters. The summed E-state index contributed by atoms with van der Waals surface area (Å²) in [6, 6.07) is 7.35. The summed E-state index contributed by atoms with van der Waals surface area (Å²) in [6.07, 6.45) is 6.16. The molecule has 2 amide bonds. The SMILES string of the molecule is CC1CCCC(C)N1C(=O)COC(=O)c1ccc(-c2nnnn2CC(=O)N2C(C)CCCC2C)cc1. The monoisotopic (exact) mass is 496 g/mol. The van der Waals surface area contributed by atoms with Crippen LogP contribution in [0.5, 0.6) is 0 Å². The summed E-state index contributed by atoms with van der Waals surface area (Å²) in [5.74, 6) is -0.287. The lowest BCUT2D eigenvalue weighted by atomic mass is 9.97. The molecule has 36 heavy (non-hydrogen) atoms. The van der Waals surface area contributed by atoms with Crippen LogP contribution in [0, 0.1) is 0 Å². The Bertz CT molecular complexity index is 1060. The molecule has 0 bridgehead atoms. The summed E-state index contributed by atoms with van der Waals surface area (Å²) in [5, 5.41) is 11.9. The van der Waals surface area contributed by atoms with E-state index in [1.165, 1.54) is 4.68 Å². The molecule has 2 saturated heterocycles. The molecule has 0 N–H and O–H groups in total. The van der Waals surface area contributed by atoms with Gasteiger partial charge in [0.05, 0.1) is 5.56 Å². The molecule has 1 aromatic carbocycles. The van der Waals surface area contributed by atoms with Crippen LogP contribution in [0.3, 0.4) is 0 Å². The van der Waals surface area contributed by atoms with Crippen LogP contribution in [-0.4, -0.2) is 78.6 Å². The average molecular weight is 497 g/mol. The van der Waals surface area contributed by atoms with Gasteiger partial charge in [-0.25, -0.2) is 9.48 Å². The molecule has 0 aliphatic carbocycles. The van der Waals surface area contributed by atoms with E-state index in [1.54, 1.807) is 24.3 Å². The number of aromatic nitrogens is 4. The molecule has 2 aliphatic heterocycles. The van der Waals surface area contributed by atoms with Gasteiger partial charge in [-0.2, -0.15) is 0 Å². The number of benzene rings is 1. The number of carbonyl (C=O) groups is 3. The van der Waals surface area contributed by atoms with Crippen molar-refractivity contribution >= 4 is 17.8 Å². The van der Waals surface area contributed by atoms with Crippen molar-refractivity contribution in [3.63, 3.8) is 0 Å². The standard InChI is InChI=1S/C26H36N6O4/c1-17-7-5-8-18(2)31(17)23(33)15-30-25(27-28-29-30)21-11-13-22(14-12-21)26(35)36-16-24(34)32-19(3)9-6-10-20(32)4/h11-14,17-20H,5-10,15-16H2,1-4H3. The van der Waals surface area contributed by atoms with Gasteiger partial charge in [-0.05, 0) is 88.8 Å². The van der Waals surface area contributed by atoms with Gasteiger partial charge in [-0.15, -0.1) is 5.10 Å². The lowest BCUT2D eigenvalue weighted by Gasteiger charge is -2.39. The maximum Gasteiger partial charge on any atom is 0.338 e. The fourth-order valence-corrected chi connectivity index (χ4v) is 5.59. The number of esters is 1. The highest BCUT2D eigenvalue weighted by molar-refractivity contribution is 5.91. The van der Waals surface area contributed by atoms with Crippen molar-refractivity contribution in [1.29, 1.82) is 0 Å². The smallest absolute Gasteiger partial charge is 0.338 e.